The summed E-state index contributed by atoms with van der Waals surface area (Å²) in [4.78, 5) is 6.56. The second-order valence-corrected chi connectivity index (χ2v) is 6.59. The lowest BCUT2D eigenvalue weighted by Gasteiger charge is -2.27. The third-order valence-corrected chi connectivity index (χ3v) is 4.25. The summed E-state index contributed by atoms with van der Waals surface area (Å²) in [6.07, 6.45) is 2.81. The van der Waals surface area contributed by atoms with Crippen LogP contribution in [0.5, 0.6) is 0 Å². The number of hydrogen-bond donors (Lipinski definition) is 2. The zero-order valence-corrected chi connectivity index (χ0v) is 12.5. The van der Waals surface area contributed by atoms with Gasteiger partial charge in [0.25, 0.3) is 0 Å². The fraction of sp³-hybridized carbons (Fsp3) is 0.571. The lowest BCUT2D eigenvalue weighted by molar-refractivity contribution is 0.263. The van der Waals surface area contributed by atoms with Gasteiger partial charge in [0, 0.05) is 24.8 Å². The number of halogens is 1. The highest BCUT2D eigenvalue weighted by atomic mass is 35.5. The molecule has 0 aliphatic carbocycles. The molecule has 1 aliphatic rings. The van der Waals surface area contributed by atoms with Gasteiger partial charge < -0.3 is 10.6 Å². The first-order chi connectivity index (χ1) is 8.80. The van der Waals surface area contributed by atoms with Gasteiger partial charge in [-0.05, 0) is 23.8 Å². The molecule has 104 valence electrons. The minimum absolute atomic E-state index is 0.0137. The molecule has 5 heteroatoms. The molecular weight excluding hydrogens is 260 g/mol. The summed E-state index contributed by atoms with van der Waals surface area (Å²) in [6.45, 7) is 8.71. The lowest BCUT2D eigenvalue weighted by atomic mass is 9.80. The average molecular weight is 281 g/mol. The molecule has 0 aromatic carbocycles. The van der Waals surface area contributed by atoms with Gasteiger partial charge in [0.05, 0.1) is 5.02 Å². The first-order valence-electron chi connectivity index (χ1n) is 6.54. The fourth-order valence-corrected chi connectivity index (χ4v) is 2.85. The predicted octanol–water partition coefficient (Wildman–Crippen LogP) is 2.89. The highest BCUT2D eigenvalue weighted by Crippen LogP contribution is 2.37. The number of rotatable bonds is 2. The molecule has 0 amide bonds. The zero-order valence-electron chi connectivity index (χ0n) is 11.7. The van der Waals surface area contributed by atoms with Gasteiger partial charge in [-0.1, -0.05) is 32.4 Å². The van der Waals surface area contributed by atoms with Crippen LogP contribution in [0.4, 0.5) is 5.82 Å². The van der Waals surface area contributed by atoms with E-state index in [1.54, 1.807) is 12.3 Å². The van der Waals surface area contributed by atoms with Gasteiger partial charge in [-0.3, -0.25) is 5.41 Å². The van der Waals surface area contributed by atoms with E-state index in [0.29, 0.717) is 21.9 Å². The van der Waals surface area contributed by atoms with Gasteiger partial charge >= 0.3 is 0 Å². The lowest BCUT2D eigenvalue weighted by Crippen LogP contribution is -2.27. The van der Waals surface area contributed by atoms with Crippen LogP contribution >= 0.6 is 11.6 Å². The third kappa shape index (κ3) is 2.84. The minimum Gasteiger partial charge on any atom is -0.384 e. The fourth-order valence-electron chi connectivity index (χ4n) is 2.52. The molecule has 0 spiro atoms. The van der Waals surface area contributed by atoms with E-state index < -0.39 is 0 Å². The maximum absolute atomic E-state index is 7.53. The number of nitrogens with one attached hydrogen (secondary N) is 1. The monoisotopic (exact) mass is 280 g/mol. The van der Waals surface area contributed by atoms with Crippen LogP contribution in [0.3, 0.4) is 0 Å². The summed E-state index contributed by atoms with van der Waals surface area (Å²) >= 11 is 6.32. The van der Waals surface area contributed by atoms with E-state index in [-0.39, 0.29) is 5.84 Å². The van der Waals surface area contributed by atoms with Crippen molar-refractivity contribution in [3.8, 4) is 0 Å². The Hall–Kier alpha value is -1.29. The summed E-state index contributed by atoms with van der Waals surface area (Å²) < 4.78 is 0. The summed E-state index contributed by atoms with van der Waals surface area (Å²) in [6, 6.07) is 1.69. The van der Waals surface area contributed by atoms with Crippen molar-refractivity contribution >= 4 is 23.3 Å². The number of pyridine rings is 1. The van der Waals surface area contributed by atoms with Crippen molar-refractivity contribution in [2.45, 2.75) is 27.2 Å². The van der Waals surface area contributed by atoms with Crippen LogP contribution in [0.2, 0.25) is 5.02 Å². The van der Waals surface area contributed by atoms with E-state index in [1.165, 1.54) is 0 Å². The van der Waals surface area contributed by atoms with E-state index in [0.717, 1.165) is 25.3 Å². The number of nitrogens with zero attached hydrogens (tertiary/aromatic N) is 2. The van der Waals surface area contributed by atoms with Gasteiger partial charge in [-0.15, -0.1) is 0 Å². The Kier molecular flexibility index (Phi) is 3.72. The van der Waals surface area contributed by atoms with Gasteiger partial charge in [0.1, 0.15) is 11.7 Å². The van der Waals surface area contributed by atoms with Crippen LogP contribution in [0.25, 0.3) is 0 Å². The number of aromatic nitrogens is 1. The molecular formula is C14H21ClN4. The van der Waals surface area contributed by atoms with E-state index in [9.17, 15) is 0 Å². The Labute approximate surface area is 119 Å². The molecule has 3 N–H and O–H groups in total. The second-order valence-electron chi connectivity index (χ2n) is 6.21. The summed E-state index contributed by atoms with van der Waals surface area (Å²) in [5.74, 6) is 1.37. The van der Waals surface area contributed by atoms with Crippen molar-refractivity contribution in [1.29, 1.82) is 5.41 Å². The highest BCUT2D eigenvalue weighted by molar-refractivity contribution is 6.36. The molecule has 0 radical (unpaired) electrons. The van der Waals surface area contributed by atoms with E-state index in [1.807, 2.05) is 0 Å². The standard InChI is InChI=1S/C14H21ClN4/c1-14(2,3)9-5-7-19(8-9)13-11(15)10(12(16)17)4-6-18-13/h4,6,9H,5,7-8H2,1-3H3,(H3,16,17). The Bertz CT molecular complexity index is 493. The van der Waals surface area contributed by atoms with Gasteiger partial charge in [-0.2, -0.15) is 0 Å². The van der Waals surface area contributed by atoms with E-state index in [2.05, 4.69) is 30.7 Å². The van der Waals surface area contributed by atoms with Crippen molar-refractivity contribution in [3.05, 3.63) is 22.8 Å². The molecule has 0 bridgehead atoms. The molecule has 1 unspecified atom stereocenters. The number of nitrogens with two attached hydrogens (primary N) is 1. The molecule has 2 heterocycles. The Morgan fingerprint density at radius 1 is 1.53 bits per heavy atom. The molecule has 19 heavy (non-hydrogen) atoms. The number of hydrogen-bond acceptors (Lipinski definition) is 3. The molecule has 2 rings (SSSR count). The van der Waals surface area contributed by atoms with Crippen molar-refractivity contribution in [3.63, 3.8) is 0 Å². The summed E-state index contributed by atoms with van der Waals surface area (Å²) in [7, 11) is 0. The molecule has 4 nitrogen and oxygen atoms in total. The number of anilines is 1. The predicted molar refractivity (Wildman–Crippen MR) is 80.0 cm³/mol. The molecule has 1 aromatic rings. The molecule has 1 aliphatic heterocycles. The third-order valence-electron chi connectivity index (χ3n) is 3.87. The number of amidine groups is 1. The van der Waals surface area contributed by atoms with E-state index >= 15 is 0 Å². The van der Waals surface area contributed by atoms with Gasteiger partial charge in [0.15, 0.2) is 0 Å². The van der Waals surface area contributed by atoms with Gasteiger partial charge in [0.2, 0.25) is 0 Å². The Morgan fingerprint density at radius 3 is 2.74 bits per heavy atom. The Balaban J connectivity index is 2.25. The summed E-state index contributed by atoms with van der Waals surface area (Å²) in [5, 5.41) is 8.02. The maximum Gasteiger partial charge on any atom is 0.148 e. The second kappa shape index (κ2) is 5.00. The van der Waals surface area contributed by atoms with Crippen molar-refractivity contribution < 1.29 is 0 Å². The van der Waals surface area contributed by atoms with Crippen molar-refractivity contribution in [1.82, 2.24) is 4.98 Å². The van der Waals surface area contributed by atoms with Crippen LogP contribution < -0.4 is 10.6 Å². The first-order valence-corrected chi connectivity index (χ1v) is 6.92. The normalized spacial score (nSPS) is 19.8. The zero-order chi connectivity index (χ0) is 14.2. The molecule has 1 atom stereocenters. The molecule has 1 aromatic heterocycles. The maximum atomic E-state index is 7.53. The topological polar surface area (TPSA) is 66.0 Å². The molecule has 0 saturated carbocycles. The van der Waals surface area contributed by atoms with Crippen molar-refractivity contribution in [2.24, 2.45) is 17.1 Å². The van der Waals surface area contributed by atoms with Crippen LogP contribution in [0.15, 0.2) is 12.3 Å². The first kappa shape index (κ1) is 14.1. The SMILES string of the molecule is CC(C)(C)C1CCN(c2nccc(C(=N)N)c2Cl)C1. The van der Waals surface area contributed by atoms with Crippen molar-refractivity contribution in [2.75, 3.05) is 18.0 Å². The van der Waals surface area contributed by atoms with Crippen LogP contribution in [-0.4, -0.2) is 23.9 Å². The van der Waals surface area contributed by atoms with Gasteiger partial charge in [-0.25, -0.2) is 4.98 Å². The number of nitrogen functional groups attached to an aromatic ring is 1. The Morgan fingerprint density at radius 2 is 2.21 bits per heavy atom. The molecule has 1 fully saturated rings. The smallest absolute Gasteiger partial charge is 0.148 e. The minimum atomic E-state index is -0.0137. The average Bonchev–Trinajstić information content (AvgIpc) is 2.77. The van der Waals surface area contributed by atoms with Crippen LogP contribution in [0.1, 0.15) is 32.8 Å². The summed E-state index contributed by atoms with van der Waals surface area (Å²) in [5.41, 5.74) is 6.38. The quantitative estimate of drug-likeness (QED) is 0.647. The highest BCUT2D eigenvalue weighted by Gasteiger charge is 2.33. The van der Waals surface area contributed by atoms with Crippen LogP contribution in [0, 0.1) is 16.7 Å². The largest absolute Gasteiger partial charge is 0.384 e. The van der Waals surface area contributed by atoms with Crippen LogP contribution in [-0.2, 0) is 0 Å². The van der Waals surface area contributed by atoms with E-state index in [4.69, 9.17) is 22.7 Å². The molecule has 1 saturated heterocycles.